The lowest BCUT2D eigenvalue weighted by Crippen LogP contribution is -2.19. The molecule has 0 bridgehead atoms. The van der Waals surface area contributed by atoms with Gasteiger partial charge in [0.2, 0.25) is 0 Å². The first-order valence-electron chi connectivity index (χ1n) is 5.95. The van der Waals surface area contributed by atoms with E-state index in [1.165, 1.54) is 18.2 Å². The summed E-state index contributed by atoms with van der Waals surface area (Å²) in [5, 5.41) is 5.57. The number of rotatable bonds is 2. The molecule has 0 saturated heterocycles. The molecule has 2 N–H and O–H groups in total. The zero-order valence-electron chi connectivity index (χ0n) is 10.8. The van der Waals surface area contributed by atoms with E-state index in [9.17, 15) is 18.0 Å². The highest BCUT2D eigenvalue weighted by Gasteiger charge is 2.29. The number of carbonyl (C=O) groups excluding carboxylic acids is 1. The van der Waals surface area contributed by atoms with E-state index in [0.29, 0.717) is 15.7 Å². The molecule has 0 radical (unpaired) electrons. The van der Waals surface area contributed by atoms with Crippen LogP contribution >= 0.6 is 23.2 Å². The van der Waals surface area contributed by atoms with Gasteiger partial charge in [0.05, 0.1) is 5.56 Å². The first kappa shape index (κ1) is 16.5. The molecule has 2 aromatic rings. The van der Waals surface area contributed by atoms with Gasteiger partial charge in [0, 0.05) is 21.4 Å². The van der Waals surface area contributed by atoms with Crippen LogP contribution in [0.5, 0.6) is 0 Å². The molecule has 8 heteroatoms. The van der Waals surface area contributed by atoms with E-state index in [0.717, 1.165) is 24.3 Å². The van der Waals surface area contributed by atoms with Crippen molar-refractivity contribution in [3.63, 3.8) is 0 Å². The lowest BCUT2D eigenvalue weighted by Gasteiger charge is -2.10. The summed E-state index contributed by atoms with van der Waals surface area (Å²) in [5.74, 6) is 0. The smallest absolute Gasteiger partial charge is 0.308 e. The average molecular weight is 349 g/mol. The van der Waals surface area contributed by atoms with Gasteiger partial charge in [-0.2, -0.15) is 13.2 Å². The van der Waals surface area contributed by atoms with Crippen LogP contribution in [0.15, 0.2) is 42.5 Å². The standard InChI is InChI=1S/C14H9Cl2F3N2O/c15-9-5-10(16)7-12(6-9)21-13(22)20-11-3-1-8(2-4-11)14(17,18)19/h1-7H,(H2,20,21,22). The predicted octanol–water partition coefficient (Wildman–Crippen LogP) is 5.66. The maximum atomic E-state index is 12.4. The number of benzene rings is 2. The molecule has 22 heavy (non-hydrogen) atoms. The molecule has 0 aliphatic carbocycles. The molecule has 0 spiro atoms. The third-order valence-electron chi connectivity index (χ3n) is 2.59. The third-order valence-corrected chi connectivity index (χ3v) is 3.03. The molecule has 0 aliphatic rings. The lowest BCUT2D eigenvalue weighted by molar-refractivity contribution is -0.137. The summed E-state index contributed by atoms with van der Waals surface area (Å²) >= 11 is 11.6. The maximum absolute atomic E-state index is 12.4. The van der Waals surface area contributed by atoms with Crippen LogP contribution < -0.4 is 10.6 Å². The molecule has 0 aliphatic heterocycles. The molecule has 0 aromatic heterocycles. The number of nitrogens with one attached hydrogen (secondary N) is 2. The van der Waals surface area contributed by atoms with Gasteiger partial charge in [-0.15, -0.1) is 0 Å². The number of halogens is 5. The molecule has 3 nitrogen and oxygen atoms in total. The molecule has 0 fully saturated rings. The van der Waals surface area contributed by atoms with Crippen LogP contribution in [0.3, 0.4) is 0 Å². The fraction of sp³-hybridized carbons (Fsp3) is 0.0714. The first-order chi connectivity index (χ1) is 10.2. The Bertz CT molecular complexity index is 667. The monoisotopic (exact) mass is 348 g/mol. The summed E-state index contributed by atoms with van der Waals surface area (Å²) in [5.41, 5.74) is -0.208. The maximum Gasteiger partial charge on any atom is 0.416 e. The Morgan fingerprint density at radius 3 is 1.86 bits per heavy atom. The Labute approximate surface area is 134 Å². The highest BCUT2D eigenvalue weighted by Crippen LogP contribution is 2.30. The normalized spacial score (nSPS) is 11.1. The SMILES string of the molecule is O=C(Nc1ccc(C(F)(F)F)cc1)Nc1cc(Cl)cc(Cl)c1. The number of hydrogen-bond acceptors (Lipinski definition) is 1. The molecular weight excluding hydrogens is 340 g/mol. The van der Waals surface area contributed by atoms with Gasteiger partial charge < -0.3 is 10.6 Å². The van der Waals surface area contributed by atoms with Gasteiger partial charge in [0.15, 0.2) is 0 Å². The predicted molar refractivity (Wildman–Crippen MR) is 80.5 cm³/mol. The summed E-state index contributed by atoms with van der Waals surface area (Å²) in [6, 6.07) is 7.93. The van der Waals surface area contributed by atoms with Crippen molar-refractivity contribution in [1.82, 2.24) is 0 Å². The summed E-state index contributed by atoms with van der Waals surface area (Å²) in [6.07, 6.45) is -4.42. The molecule has 2 amide bonds. The van der Waals surface area contributed by atoms with Gasteiger partial charge in [0.25, 0.3) is 0 Å². The van der Waals surface area contributed by atoms with Crippen LogP contribution in [-0.2, 0) is 6.18 Å². The number of alkyl halides is 3. The number of amides is 2. The Morgan fingerprint density at radius 1 is 0.864 bits per heavy atom. The van der Waals surface area contributed by atoms with E-state index in [-0.39, 0.29) is 5.69 Å². The van der Waals surface area contributed by atoms with Gasteiger partial charge in [-0.1, -0.05) is 23.2 Å². The summed E-state index contributed by atoms with van der Waals surface area (Å²) < 4.78 is 37.3. The highest BCUT2D eigenvalue weighted by molar-refractivity contribution is 6.35. The fourth-order valence-corrected chi connectivity index (χ4v) is 2.19. The summed E-state index contributed by atoms with van der Waals surface area (Å²) in [4.78, 5) is 11.8. The second-order valence-corrected chi connectivity index (χ2v) is 5.19. The summed E-state index contributed by atoms with van der Waals surface area (Å²) in [7, 11) is 0. The molecule has 2 aromatic carbocycles. The molecular formula is C14H9Cl2F3N2O. The van der Waals surface area contributed by atoms with Gasteiger partial charge in [-0.25, -0.2) is 4.79 Å². The Morgan fingerprint density at radius 2 is 1.36 bits per heavy atom. The van der Waals surface area contributed by atoms with E-state index in [1.807, 2.05) is 0 Å². The van der Waals surface area contributed by atoms with Crippen molar-refractivity contribution in [2.24, 2.45) is 0 Å². The van der Waals surface area contributed by atoms with E-state index in [1.54, 1.807) is 0 Å². The van der Waals surface area contributed by atoms with Crippen molar-refractivity contribution in [2.75, 3.05) is 10.6 Å². The van der Waals surface area contributed by atoms with Crippen molar-refractivity contribution in [3.05, 3.63) is 58.1 Å². The average Bonchev–Trinajstić information content (AvgIpc) is 2.36. The second kappa shape index (κ2) is 6.46. The van der Waals surface area contributed by atoms with Crippen molar-refractivity contribution in [2.45, 2.75) is 6.18 Å². The molecule has 116 valence electrons. The van der Waals surface area contributed by atoms with E-state index < -0.39 is 17.8 Å². The van der Waals surface area contributed by atoms with Crippen LogP contribution in [0.2, 0.25) is 10.0 Å². The van der Waals surface area contributed by atoms with Gasteiger partial charge in [-0.05, 0) is 42.5 Å². The largest absolute Gasteiger partial charge is 0.416 e. The Balaban J connectivity index is 2.03. The van der Waals surface area contributed by atoms with Gasteiger partial charge in [0.1, 0.15) is 0 Å². The van der Waals surface area contributed by atoms with E-state index in [4.69, 9.17) is 23.2 Å². The topological polar surface area (TPSA) is 41.1 Å². The fourth-order valence-electron chi connectivity index (χ4n) is 1.66. The minimum absolute atomic E-state index is 0.221. The van der Waals surface area contributed by atoms with Crippen molar-refractivity contribution >= 4 is 40.6 Å². The quantitative estimate of drug-likeness (QED) is 0.722. The number of carbonyl (C=O) groups is 1. The van der Waals surface area contributed by atoms with Crippen molar-refractivity contribution in [3.8, 4) is 0 Å². The molecule has 0 atom stereocenters. The molecule has 0 unspecified atom stereocenters. The van der Waals surface area contributed by atoms with E-state index in [2.05, 4.69) is 10.6 Å². The molecule has 2 rings (SSSR count). The van der Waals surface area contributed by atoms with Crippen molar-refractivity contribution in [1.29, 1.82) is 0 Å². The highest BCUT2D eigenvalue weighted by atomic mass is 35.5. The Kier molecular flexibility index (Phi) is 4.83. The third kappa shape index (κ3) is 4.54. The van der Waals surface area contributed by atoms with E-state index >= 15 is 0 Å². The van der Waals surface area contributed by atoms with Crippen LogP contribution in [-0.4, -0.2) is 6.03 Å². The lowest BCUT2D eigenvalue weighted by atomic mass is 10.2. The first-order valence-corrected chi connectivity index (χ1v) is 6.71. The zero-order chi connectivity index (χ0) is 16.3. The van der Waals surface area contributed by atoms with Gasteiger partial charge in [-0.3, -0.25) is 0 Å². The van der Waals surface area contributed by atoms with Crippen molar-refractivity contribution < 1.29 is 18.0 Å². The number of urea groups is 1. The van der Waals surface area contributed by atoms with Gasteiger partial charge >= 0.3 is 12.2 Å². The zero-order valence-corrected chi connectivity index (χ0v) is 12.4. The molecule has 0 saturated carbocycles. The number of hydrogen-bond donors (Lipinski definition) is 2. The number of anilines is 2. The minimum Gasteiger partial charge on any atom is -0.308 e. The van der Waals surface area contributed by atoms with Crippen LogP contribution in [0, 0.1) is 0 Å². The Hall–Kier alpha value is -1.92. The second-order valence-electron chi connectivity index (χ2n) is 4.31. The van der Waals surface area contributed by atoms with Crippen LogP contribution in [0.25, 0.3) is 0 Å². The minimum atomic E-state index is -4.42. The summed E-state index contributed by atoms with van der Waals surface area (Å²) in [6.45, 7) is 0. The van der Waals surface area contributed by atoms with Crippen LogP contribution in [0.1, 0.15) is 5.56 Å². The molecule has 0 heterocycles. The van der Waals surface area contributed by atoms with Crippen LogP contribution in [0.4, 0.5) is 29.3 Å².